The number of aliphatic hydroxyl groups excluding tert-OH is 4. The number of pyridine rings is 1. The number of anilines is 2. The standard InChI is InChI=1S/C66H105N9O25/c1-3-4-8-54-74-57-58(48-11-10-47(64(83)84)43-50(48)73-62(57)68)75(54)18-17-71-66(85)98-45-46-9-12-52(99-65-61(81)60(80)59(79)53(44-76)100-65)51(42-46)72-56(78)13-16-70-63(82)49(67)7-5-6-15-69-55(77)14-19-87-22-23-89-26-27-91-30-31-93-34-35-95-38-39-97-41-40-96-37-36-94-33-32-92-29-28-90-25-24-88-21-20-86-2/h9-12,42-43,49,53,59-61,65,76,79-81H,3-8,13-41,44-45,67H2,1-2H3,(H2,68,73)(H,69,77)(H,70,82)(H,71,85)(H,72,78)(H,83,84)/t49?,53-,59-,60+,61?,65+/m1/s1. The number of carboxylic acid groups (broad SMARTS) is 1. The van der Waals surface area contributed by atoms with Gasteiger partial charge in [0.05, 0.1) is 187 Å². The molecule has 3 heterocycles. The highest BCUT2D eigenvalue weighted by Crippen LogP contribution is 2.32. The van der Waals surface area contributed by atoms with Crippen LogP contribution in [0.15, 0.2) is 36.4 Å². The number of rotatable bonds is 58. The first-order chi connectivity index (χ1) is 48.6. The Bertz CT molecular complexity index is 2970. The quantitative estimate of drug-likeness (QED) is 0.0270. The van der Waals surface area contributed by atoms with Crippen molar-refractivity contribution < 1.29 is 121 Å². The number of unbranched alkanes of at least 4 members (excludes halogenated alkanes) is 2. The summed E-state index contributed by atoms with van der Waals surface area (Å²) in [5.74, 6) is -1.63. The van der Waals surface area contributed by atoms with Crippen LogP contribution in [0.1, 0.15) is 73.6 Å². The number of nitrogens with zero attached hydrogens (tertiary/aromatic N) is 3. The van der Waals surface area contributed by atoms with Gasteiger partial charge in [-0.05, 0) is 61.6 Å². The molecule has 0 aliphatic carbocycles. The molecule has 1 saturated heterocycles. The van der Waals surface area contributed by atoms with E-state index in [1.807, 2.05) is 11.5 Å². The third-order valence-corrected chi connectivity index (χ3v) is 15.0. The molecule has 4 amide bonds. The summed E-state index contributed by atoms with van der Waals surface area (Å²) in [6.07, 6.45) is -5.26. The van der Waals surface area contributed by atoms with Gasteiger partial charge in [-0.1, -0.05) is 19.4 Å². The number of nitrogens with two attached hydrogens (primary N) is 2. The summed E-state index contributed by atoms with van der Waals surface area (Å²) >= 11 is 0. The highest BCUT2D eigenvalue weighted by molar-refractivity contribution is 6.08. The third kappa shape index (κ3) is 32.6. The number of carbonyl (C=O) groups excluding carboxylic acids is 4. The molecule has 0 spiro atoms. The van der Waals surface area contributed by atoms with Crippen LogP contribution in [0.3, 0.4) is 0 Å². The molecule has 1 fully saturated rings. The van der Waals surface area contributed by atoms with Crippen molar-refractivity contribution in [3.63, 3.8) is 0 Å². The smallest absolute Gasteiger partial charge is 0.407 e. The summed E-state index contributed by atoms with van der Waals surface area (Å²) < 4.78 is 84.0. The minimum atomic E-state index is -1.78. The minimum Gasteiger partial charge on any atom is -0.478 e. The molecule has 5 rings (SSSR count). The van der Waals surface area contributed by atoms with E-state index in [4.69, 9.17) is 87.5 Å². The average molecular weight is 1420 g/mol. The number of nitrogens with one attached hydrogen (secondary N) is 4. The fourth-order valence-corrected chi connectivity index (χ4v) is 9.67. The minimum absolute atomic E-state index is 0.0155. The Morgan fingerprint density at radius 2 is 1.18 bits per heavy atom. The van der Waals surface area contributed by atoms with Gasteiger partial charge in [-0.2, -0.15) is 0 Å². The fourth-order valence-electron chi connectivity index (χ4n) is 9.67. The first-order valence-electron chi connectivity index (χ1n) is 33.9. The van der Waals surface area contributed by atoms with Crippen molar-refractivity contribution in [3.05, 3.63) is 53.3 Å². The normalized spacial score (nSPS) is 16.4. The maximum absolute atomic E-state index is 13.4. The van der Waals surface area contributed by atoms with Gasteiger partial charge >= 0.3 is 12.1 Å². The number of ether oxygens (including phenoxy) is 15. The number of amides is 4. The first kappa shape index (κ1) is 84.0. The van der Waals surface area contributed by atoms with E-state index in [0.29, 0.717) is 211 Å². The zero-order valence-corrected chi connectivity index (χ0v) is 57.5. The predicted octanol–water partition coefficient (Wildman–Crippen LogP) is 0.590. The molecule has 1 aliphatic heterocycles. The Morgan fingerprint density at radius 3 is 1.72 bits per heavy atom. The molecular weight excluding hydrogens is 1320 g/mol. The topological polar surface area (TPSA) is 456 Å². The zero-order valence-electron chi connectivity index (χ0n) is 57.5. The second kappa shape index (κ2) is 50.6. The molecule has 564 valence electrons. The number of carboxylic acids is 1. The molecule has 2 aromatic carbocycles. The lowest BCUT2D eigenvalue weighted by molar-refractivity contribution is -0.277. The van der Waals surface area contributed by atoms with Gasteiger partial charge in [-0.15, -0.1) is 0 Å². The highest BCUT2D eigenvalue weighted by atomic mass is 16.7. The van der Waals surface area contributed by atoms with Gasteiger partial charge in [0, 0.05) is 57.9 Å². The number of aromatic nitrogens is 3. The molecule has 1 aliphatic rings. The molecule has 2 unspecified atom stereocenters. The van der Waals surface area contributed by atoms with Gasteiger partial charge in [-0.25, -0.2) is 19.6 Å². The van der Waals surface area contributed by atoms with Gasteiger partial charge in [0.15, 0.2) is 5.82 Å². The second-order valence-corrected chi connectivity index (χ2v) is 22.7. The van der Waals surface area contributed by atoms with Crippen molar-refractivity contribution in [1.82, 2.24) is 30.5 Å². The number of methoxy groups -OCH3 is 1. The number of alkyl carbamates (subject to hydrolysis) is 1. The van der Waals surface area contributed by atoms with Crippen LogP contribution < -0.4 is 37.5 Å². The zero-order chi connectivity index (χ0) is 72.0. The van der Waals surface area contributed by atoms with Gasteiger partial charge in [0.2, 0.25) is 24.0 Å². The molecule has 34 heteroatoms. The lowest BCUT2D eigenvalue weighted by Gasteiger charge is -2.39. The fraction of sp³-hybridized carbons (Fsp3) is 0.682. The molecule has 4 aromatic rings. The number of aryl methyl sites for hydroxylation is 1. The SMILES string of the molecule is CCCCc1nc2c(N)nc3cc(C(=O)O)ccc3c2n1CCNC(=O)OCc1ccc(O[C@H]2O[C@H](CO)[C@@H](O)[C@H](O)C2O)c(NC(=O)CCNC(=O)C(N)CCCCNC(=O)CCOCCOCCOCCOCCOCCOCCOCCOCCOCCOCCOCCOC)c1. The van der Waals surface area contributed by atoms with Crippen LogP contribution in [0, 0.1) is 0 Å². The monoisotopic (exact) mass is 1420 g/mol. The molecule has 0 radical (unpaired) electrons. The third-order valence-electron chi connectivity index (χ3n) is 15.0. The summed E-state index contributed by atoms with van der Waals surface area (Å²) in [4.78, 5) is 72.7. The van der Waals surface area contributed by atoms with Crippen molar-refractivity contribution in [2.45, 2.75) is 108 Å². The number of fused-ring (bicyclic) bond motifs is 3. The van der Waals surface area contributed by atoms with Crippen LogP contribution in [0.25, 0.3) is 21.9 Å². The molecule has 2 aromatic heterocycles. The molecular formula is C66H105N9O25. The molecule has 34 nitrogen and oxygen atoms in total. The molecule has 13 N–H and O–H groups in total. The van der Waals surface area contributed by atoms with E-state index in [1.54, 1.807) is 13.2 Å². The van der Waals surface area contributed by atoms with Crippen molar-refractivity contribution in [2.75, 3.05) is 196 Å². The Morgan fingerprint density at radius 1 is 0.620 bits per heavy atom. The number of imidazole rings is 1. The number of nitrogen functional groups attached to an aromatic ring is 1. The van der Waals surface area contributed by atoms with E-state index in [1.165, 1.54) is 30.3 Å². The van der Waals surface area contributed by atoms with Gasteiger partial charge in [-0.3, -0.25) is 14.4 Å². The summed E-state index contributed by atoms with van der Waals surface area (Å²) in [7, 11) is 1.63. The van der Waals surface area contributed by atoms with Gasteiger partial charge in [0.25, 0.3) is 0 Å². The predicted molar refractivity (Wildman–Crippen MR) is 361 cm³/mol. The lowest BCUT2D eigenvalue weighted by Crippen LogP contribution is -2.60. The van der Waals surface area contributed by atoms with E-state index < -0.39 is 67.2 Å². The van der Waals surface area contributed by atoms with Crippen molar-refractivity contribution >= 4 is 63.2 Å². The molecule has 0 saturated carbocycles. The van der Waals surface area contributed by atoms with E-state index in [0.717, 1.165) is 12.8 Å². The number of benzene rings is 2. The van der Waals surface area contributed by atoms with E-state index in [2.05, 4.69) is 26.3 Å². The van der Waals surface area contributed by atoms with Gasteiger partial charge < -0.3 is 134 Å². The van der Waals surface area contributed by atoms with Gasteiger partial charge in [0.1, 0.15) is 48.1 Å². The van der Waals surface area contributed by atoms with E-state index >= 15 is 0 Å². The number of aromatic carboxylic acids is 1. The Hall–Kier alpha value is -6.65. The summed E-state index contributed by atoms with van der Waals surface area (Å²) in [5.41, 5.74) is 14.4. The summed E-state index contributed by atoms with van der Waals surface area (Å²) in [6, 6.07) is 8.01. The first-order valence-corrected chi connectivity index (χ1v) is 33.9. The average Bonchev–Trinajstić information content (AvgIpc) is 1.57. The van der Waals surface area contributed by atoms with Crippen LogP contribution in [0.2, 0.25) is 0 Å². The van der Waals surface area contributed by atoms with Crippen LogP contribution in [-0.2, 0) is 100 Å². The number of hydrogen-bond donors (Lipinski definition) is 11. The molecule has 0 bridgehead atoms. The molecule has 6 atom stereocenters. The summed E-state index contributed by atoms with van der Waals surface area (Å²) in [5, 5.41) is 62.3. The Balaban J connectivity index is 0.868. The Kier molecular flexibility index (Phi) is 42.5. The van der Waals surface area contributed by atoms with Crippen LogP contribution >= 0.6 is 0 Å². The molecule has 100 heavy (non-hydrogen) atoms. The lowest BCUT2D eigenvalue weighted by atomic mass is 9.99. The van der Waals surface area contributed by atoms with Crippen LogP contribution in [0.5, 0.6) is 5.75 Å². The van der Waals surface area contributed by atoms with E-state index in [9.17, 15) is 49.5 Å². The number of hydrogen-bond acceptors (Lipinski definition) is 28. The van der Waals surface area contributed by atoms with Crippen molar-refractivity contribution in [2.24, 2.45) is 5.73 Å². The second-order valence-electron chi connectivity index (χ2n) is 22.7. The summed E-state index contributed by atoms with van der Waals surface area (Å²) in [6.45, 7) is 11.8. The maximum atomic E-state index is 13.4. The highest BCUT2D eigenvalue weighted by Gasteiger charge is 2.45. The largest absolute Gasteiger partial charge is 0.478 e. The Labute approximate surface area is 581 Å². The number of carbonyl (C=O) groups is 5. The van der Waals surface area contributed by atoms with Crippen LogP contribution in [-0.4, -0.2) is 292 Å². The van der Waals surface area contributed by atoms with E-state index in [-0.39, 0.29) is 74.4 Å². The maximum Gasteiger partial charge on any atom is 0.407 e. The number of aliphatic hydroxyl groups is 4. The van der Waals surface area contributed by atoms with Crippen molar-refractivity contribution in [3.8, 4) is 5.75 Å². The van der Waals surface area contributed by atoms with Crippen LogP contribution in [0.4, 0.5) is 16.3 Å². The van der Waals surface area contributed by atoms with Crippen molar-refractivity contribution in [1.29, 1.82) is 0 Å².